The number of aromatic amines is 1. The van der Waals surface area contributed by atoms with Crippen molar-refractivity contribution in [3.63, 3.8) is 0 Å². The highest BCUT2D eigenvalue weighted by Crippen LogP contribution is 1.92. The van der Waals surface area contributed by atoms with Gasteiger partial charge < -0.3 is 15.6 Å². The molecule has 0 aromatic carbocycles. The molecule has 15 heavy (non-hydrogen) atoms. The lowest BCUT2D eigenvalue weighted by Gasteiger charge is -2.07. The Hall–Kier alpha value is -1.29. The molecule has 1 aromatic heterocycles. The van der Waals surface area contributed by atoms with Crippen molar-refractivity contribution in [2.24, 2.45) is 5.92 Å². The predicted octanol–water partition coefficient (Wildman–Crippen LogP) is 0.876. The van der Waals surface area contributed by atoms with Crippen LogP contribution in [-0.4, -0.2) is 24.0 Å². The van der Waals surface area contributed by atoms with E-state index < -0.39 is 0 Å². The second-order valence-corrected chi connectivity index (χ2v) is 3.82. The summed E-state index contributed by atoms with van der Waals surface area (Å²) in [4.78, 5) is 14.3. The summed E-state index contributed by atoms with van der Waals surface area (Å²) in [5, 5.41) is 6.09. The number of hydrogen-bond acceptors (Lipinski definition) is 2. The van der Waals surface area contributed by atoms with E-state index in [1.165, 1.54) is 0 Å². The van der Waals surface area contributed by atoms with Gasteiger partial charge in [-0.1, -0.05) is 13.8 Å². The molecule has 3 N–H and O–H groups in total. The Bertz CT molecular complexity index is 280. The number of nitrogens with one attached hydrogen (secondary N) is 3. The van der Waals surface area contributed by atoms with Crippen LogP contribution < -0.4 is 10.6 Å². The second kappa shape index (κ2) is 6.24. The fourth-order valence-electron chi connectivity index (χ4n) is 1.18. The fourth-order valence-corrected chi connectivity index (χ4v) is 1.18. The van der Waals surface area contributed by atoms with E-state index >= 15 is 0 Å². The molecule has 0 atom stereocenters. The molecule has 1 amide bonds. The summed E-state index contributed by atoms with van der Waals surface area (Å²) in [6, 6.07) is 4.00. The van der Waals surface area contributed by atoms with Crippen molar-refractivity contribution >= 4 is 5.91 Å². The minimum Gasteiger partial charge on any atom is -0.364 e. The van der Waals surface area contributed by atoms with Gasteiger partial charge in [0.15, 0.2) is 0 Å². The lowest BCUT2D eigenvalue weighted by atomic mass is 10.2. The minimum atomic E-state index is 0.0633. The van der Waals surface area contributed by atoms with E-state index in [0.29, 0.717) is 6.54 Å². The monoisotopic (exact) mass is 209 g/mol. The summed E-state index contributed by atoms with van der Waals surface area (Å²) in [5.74, 6) is 0.171. The van der Waals surface area contributed by atoms with Crippen LogP contribution in [0.1, 0.15) is 19.5 Å². The van der Waals surface area contributed by atoms with Crippen LogP contribution in [0.5, 0.6) is 0 Å². The van der Waals surface area contributed by atoms with Crippen LogP contribution in [0, 0.1) is 5.92 Å². The third-order valence-corrected chi connectivity index (χ3v) is 2.10. The zero-order valence-electron chi connectivity index (χ0n) is 9.34. The topological polar surface area (TPSA) is 56.9 Å². The van der Waals surface area contributed by atoms with Crippen LogP contribution in [0.25, 0.3) is 0 Å². The maximum Gasteiger partial charge on any atom is 0.222 e. The highest BCUT2D eigenvalue weighted by Gasteiger charge is 2.04. The van der Waals surface area contributed by atoms with Gasteiger partial charge in [0.05, 0.1) is 0 Å². The van der Waals surface area contributed by atoms with Crippen molar-refractivity contribution in [2.75, 3.05) is 13.1 Å². The molecule has 4 nitrogen and oxygen atoms in total. The van der Waals surface area contributed by atoms with Gasteiger partial charge in [-0.05, 0) is 12.1 Å². The van der Waals surface area contributed by atoms with E-state index in [1.54, 1.807) is 0 Å². The molecule has 0 saturated heterocycles. The molecule has 0 radical (unpaired) electrons. The second-order valence-electron chi connectivity index (χ2n) is 3.82. The van der Waals surface area contributed by atoms with Gasteiger partial charge >= 0.3 is 0 Å². The number of rotatable bonds is 6. The quantitative estimate of drug-likeness (QED) is 0.609. The molecule has 1 aromatic rings. The van der Waals surface area contributed by atoms with E-state index in [0.717, 1.165) is 18.8 Å². The smallest absolute Gasteiger partial charge is 0.222 e. The first-order valence-corrected chi connectivity index (χ1v) is 5.31. The Labute approximate surface area is 90.5 Å². The zero-order chi connectivity index (χ0) is 11.1. The van der Waals surface area contributed by atoms with E-state index in [2.05, 4.69) is 15.6 Å². The van der Waals surface area contributed by atoms with Crippen LogP contribution in [-0.2, 0) is 11.3 Å². The summed E-state index contributed by atoms with van der Waals surface area (Å²) in [7, 11) is 0. The summed E-state index contributed by atoms with van der Waals surface area (Å²) in [6.07, 6.45) is 1.90. The number of amides is 1. The molecule has 0 bridgehead atoms. The van der Waals surface area contributed by atoms with Crippen LogP contribution >= 0.6 is 0 Å². The highest BCUT2D eigenvalue weighted by atomic mass is 16.1. The first-order valence-electron chi connectivity index (χ1n) is 5.31. The third-order valence-electron chi connectivity index (χ3n) is 2.10. The van der Waals surface area contributed by atoms with Gasteiger partial charge in [-0.25, -0.2) is 0 Å². The Morgan fingerprint density at radius 2 is 2.27 bits per heavy atom. The van der Waals surface area contributed by atoms with Crippen molar-refractivity contribution in [1.82, 2.24) is 15.6 Å². The molecule has 0 aliphatic rings. The Kier molecular flexibility index (Phi) is 4.90. The Balaban J connectivity index is 2.00. The van der Waals surface area contributed by atoms with Gasteiger partial charge in [-0.2, -0.15) is 0 Å². The Morgan fingerprint density at radius 3 is 2.87 bits per heavy atom. The summed E-state index contributed by atoms with van der Waals surface area (Å²) in [5.41, 5.74) is 1.16. The van der Waals surface area contributed by atoms with E-state index in [-0.39, 0.29) is 11.8 Å². The van der Waals surface area contributed by atoms with Gasteiger partial charge in [0.2, 0.25) is 5.91 Å². The van der Waals surface area contributed by atoms with Crippen LogP contribution in [0.3, 0.4) is 0 Å². The maximum absolute atomic E-state index is 11.2. The Morgan fingerprint density at radius 1 is 1.47 bits per heavy atom. The molecule has 0 aliphatic carbocycles. The SMILES string of the molecule is CC(C)C(=O)NCCNCc1ccc[nH]1. The van der Waals surface area contributed by atoms with Crippen LogP contribution in [0.4, 0.5) is 0 Å². The summed E-state index contributed by atoms with van der Waals surface area (Å²) < 4.78 is 0. The molecule has 84 valence electrons. The highest BCUT2D eigenvalue weighted by molar-refractivity contribution is 5.77. The van der Waals surface area contributed by atoms with E-state index in [4.69, 9.17) is 0 Å². The first kappa shape index (κ1) is 11.8. The van der Waals surface area contributed by atoms with Crippen LogP contribution in [0.15, 0.2) is 18.3 Å². The minimum absolute atomic E-state index is 0.0633. The standard InChI is InChI=1S/C11H19N3O/c1-9(2)11(15)14-7-6-12-8-10-4-3-5-13-10/h3-5,9,12-13H,6-8H2,1-2H3,(H,14,15). The molecule has 0 fully saturated rings. The van der Waals surface area contributed by atoms with Gasteiger partial charge in [0.25, 0.3) is 0 Å². The molecule has 0 aliphatic heterocycles. The molecule has 1 rings (SSSR count). The summed E-state index contributed by atoms with van der Waals surface area (Å²) in [6.45, 7) is 6.06. The average Bonchev–Trinajstić information content (AvgIpc) is 2.69. The van der Waals surface area contributed by atoms with Gasteiger partial charge in [0, 0.05) is 37.4 Å². The molecular weight excluding hydrogens is 190 g/mol. The molecule has 4 heteroatoms. The number of aromatic nitrogens is 1. The lowest BCUT2D eigenvalue weighted by molar-refractivity contribution is -0.123. The van der Waals surface area contributed by atoms with Crippen molar-refractivity contribution in [1.29, 1.82) is 0 Å². The van der Waals surface area contributed by atoms with Gasteiger partial charge in [-0.15, -0.1) is 0 Å². The van der Waals surface area contributed by atoms with E-state index in [1.807, 2.05) is 32.2 Å². The molecule has 1 heterocycles. The fraction of sp³-hybridized carbons (Fsp3) is 0.545. The molecule has 0 saturated carbocycles. The molecule has 0 spiro atoms. The molecule has 0 unspecified atom stereocenters. The van der Waals surface area contributed by atoms with Gasteiger partial charge in [-0.3, -0.25) is 4.79 Å². The average molecular weight is 209 g/mol. The lowest BCUT2D eigenvalue weighted by Crippen LogP contribution is -2.34. The van der Waals surface area contributed by atoms with Crippen molar-refractivity contribution in [2.45, 2.75) is 20.4 Å². The third kappa shape index (κ3) is 4.65. The maximum atomic E-state index is 11.2. The zero-order valence-corrected chi connectivity index (χ0v) is 9.34. The van der Waals surface area contributed by atoms with E-state index in [9.17, 15) is 4.79 Å². The van der Waals surface area contributed by atoms with Crippen molar-refractivity contribution in [3.05, 3.63) is 24.0 Å². The largest absolute Gasteiger partial charge is 0.364 e. The van der Waals surface area contributed by atoms with Crippen molar-refractivity contribution < 1.29 is 4.79 Å². The van der Waals surface area contributed by atoms with Crippen LogP contribution in [0.2, 0.25) is 0 Å². The number of hydrogen-bond donors (Lipinski definition) is 3. The summed E-state index contributed by atoms with van der Waals surface area (Å²) >= 11 is 0. The normalized spacial score (nSPS) is 10.6. The number of H-pyrrole nitrogens is 1. The first-order chi connectivity index (χ1) is 7.20. The number of carbonyl (C=O) groups excluding carboxylic acids is 1. The number of carbonyl (C=O) groups is 1. The van der Waals surface area contributed by atoms with Crippen molar-refractivity contribution in [3.8, 4) is 0 Å². The molecular formula is C11H19N3O. The van der Waals surface area contributed by atoms with Gasteiger partial charge in [0.1, 0.15) is 0 Å². The predicted molar refractivity (Wildman–Crippen MR) is 60.3 cm³/mol.